The van der Waals surface area contributed by atoms with Gasteiger partial charge in [-0.25, -0.2) is 9.97 Å². The number of hydrogen-bond donors (Lipinski definition) is 0. The second-order valence-corrected chi connectivity index (χ2v) is 6.15. The number of hydrogen-bond acceptors (Lipinski definition) is 3. The molecule has 116 valence electrons. The van der Waals surface area contributed by atoms with E-state index < -0.39 is 0 Å². The highest BCUT2D eigenvalue weighted by atomic mass is 16.2. The van der Waals surface area contributed by atoms with Crippen molar-refractivity contribution >= 4 is 16.9 Å². The summed E-state index contributed by atoms with van der Waals surface area (Å²) < 4.78 is 0. The van der Waals surface area contributed by atoms with Crippen LogP contribution in [0.5, 0.6) is 0 Å². The van der Waals surface area contributed by atoms with Gasteiger partial charge in [-0.15, -0.1) is 0 Å². The van der Waals surface area contributed by atoms with Crippen LogP contribution >= 0.6 is 0 Å². The Morgan fingerprint density at radius 3 is 2.64 bits per heavy atom. The van der Waals surface area contributed by atoms with E-state index in [0.717, 1.165) is 53.8 Å². The van der Waals surface area contributed by atoms with Crippen LogP contribution in [0.15, 0.2) is 18.2 Å². The fourth-order valence-electron chi connectivity index (χ4n) is 3.22. The second-order valence-electron chi connectivity index (χ2n) is 6.15. The van der Waals surface area contributed by atoms with Crippen LogP contribution in [0.25, 0.3) is 11.0 Å². The van der Waals surface area contributed by atoms with Crippen molar-refractivity contribution in [3.63, 3.8) is 0 Å². The predicted octanol–water partition coefficient (Wildman–Crippen LogP) is 3.65. The zero-order valence-corrected chi connectivity index (χ0v) is 13.6. The predicted molar refractivity (Wildman–Crippen MR) is 88.0 cm³/mol. The molecule has 3 rings (SSSR count). The fourth-order valence-corrected chi connectivity index (χ4v) is 3.22. The SMILES string of the molecule is CC[C@@H]1CCCCN1C(=O)c1ccc2nc(C)c(C)nc2c1. The van der Waals surface area contributed by atoms with Crippen molar-refractivity contribution in [1.82, 2.24) is 14.9 Å². The molecular weight excluding hydrogens is 274 g/mol. The van der Waals surface area contributed by atoms with Crippen LogP contribution in [0.4, 0.5) is 0 Å². The maximum atomic E-state index is 12.8. The number of carbonyl (C=O) groups excluding carboxylic acids is 1. The molecule has 0 N–H and O–H groups in total. The van der Waals surface area contributed by atoms with E-state index in [1.165, 1.54) is 6.42 Å². The van der Waals surface area contributed by atoms with Crippen molar-refractivity contribution in [1.29, 1.82) is 0 Å². The van der Waals surface area contributed by atoms with Gasteiger partial charge >= 0.3 is 0 Å². The van der Waals surface area contributed by atoms with E-state index in [1.54, 1.807) is 0 Å². The third-order valence-corrected chi connectivity index (χ3v) is 4.68. The van der Waals surface area contributed by atoms with E-state index in [-0.39, 0.29) is 5.91 Å². The third-order valence-electron chi connectivity index (χ3n) is 4.68. The molecule has 1 fully saturated rings. The summed E-state index contributed by atoms with van der Waals surface area (Å²) in [5, 5.41) is 0. The van der Waals surface area contributed by atoms with Crippen LogP contribution in [-0.4, -0.2) is 33.4 Å². The highest BCUT2D eigenvalue weighted by Crippen LogP contribution is 2.23. The Balaban J connectivity index is 1.95. The van der Waals surface area contributed by atoms with Gasteiger partial charge < -0.3 is 4.90 Å². The van der Waals surface area contributed by atoms with E-state index in [4.69, 9.17) is 0 Å². The summed E-state index contributed by atoms with van der Waals surface area (Å²) in [5.41, 5.74) is 4.24. The largest absolute Gasteiger partial charge is 0.336 e. The van der Waals surface area contributed by atoms with Crippen molar-refractivity contribution in [2.24, 2.45) is 0 Å². The molecule has 1 aromatic carbocycles. The van der Waals surface area contributed by atoms with Gasteiger partial charge in [0, 0.05) is 18.2 Å². The molecule has 4 heteroatoms. The Bertz CT molecular complexity index is 711. The number of rotatable bonds is 2. The molecule has 0 spiro atoms. The minimum absolute atomic E-state index is 0.133. The van der Waals surface area contributed by atoms with E-state index in [0.29, 0.717) is 6.04 Å². The summed E-state index contributed by atoms with van der Waals surface area (Å²) in [7, 11) is 0. The first kappa shape index (κ1) is 14.9. The highest BCUT2D eigenvalue weighted by Gasteiger charge is 2.26. The minimum Gasteiger partial charge on any atom is -0.336 e. The summed E-state index contributed by atoms with van der Waals surface area (Å²) in [4.78, 5) is 24.0. The second kappa shape index (κ2) is 6.03. The maximum absolute atomic E-state index is 12.8. The maximum Gasteiger partial charge on any atom is 0.254 e. The number of piperidine rings is 1. The molecule has 1 saturated heterocycles. The van der Waals surface area contributed by atoms with Crippen molar-refractivity contribution in [3.05, 3.63) is 35.2 Å². The number of nitrogens with zero attached hydrogens (tertiary/aromatic N) is 3. The lowest BCUT2D eigenvalue weighted by Gasteiger charge is -2.35. The van der Waals surface area contributed by atoms with Crippen molar-refractivity contribution in [3.8, 4) is 0 Å². The number of fused-ring (bicyclic) bond motifs is 1. The molecule has 1 atom stereocenters. The molecule has 1 amide bonds. The molecule has 22 heavy (non-hydrogen) atoms. The van der Waals surface area contributed by atoms with Gasteiger partial charge in [-0.3, -0.25) is 4.79 Å². The average Bonchev–Trinajstić information content (AvgIpc) is 2.55. The van der Waals surface area contributed by atoms with Gasteiger partial charge in [0.15, 0.2) is 0 Å². The molecule has 2 aromatic rings. The van der Waals surface area contributed by atoms with Gasteiger partial charge in [0.1, 0.15) is 0 Å². The van der Waals surface area contributed by atoms with E-state index >= 15 is 0 Å². The van der Waals surface area contributed by atoms with Crippen LogP contribution in [0, 0.1) is 13.8 Å². The van der Waals surface area contributed by atoms with Crippen LogP contribution in [-0.2, 0) is 0 Å². The highest BCUT2D eigenvalue weighted by molar-refractivity contribution is 5.97. The summed E-state index contributed by atoms with van der Waals surface area (Å²) in [6.07, 6.45) is 4.48. The number of carbonyl (C=O) groups is 1. The first-order chi connectivity index (χ1) is 10.6. The molecule has 0 radical (unpaired) electrons. The Morgan fingerprint density at radius 1 is 1.18 bits per heavy atom. The van der Waals surface area contributed by atoms with Crippen LogP contribution < -0.4 is 0 Å². The van der Waals surface area contributed by atoms with E-state index in [2.05, 4.69) is 16.9 Å². The number of aromatic nitrogens is 2. The lowest BCUT2D eigenvalue weighted by Crippen LogP contribution is -2.43. The van der Waals surface area contributed by atoms with Crippen LogP contribution in [0.2, 0.25) is 0 Å². The molecule has 0 unspecified atom stereocenters. The van der Waals surface area contributed by atoms with Crippen molar-refractivity contribution in [2.45, 2.75) is 52.5 Å². The molecule has 0 bridgehead atoms. The number of amides is 1. The number of likely N-dealkylation sites (tertiary alicyclic amines) is 1. The lowest BCUT2D eigenvalue weighted by atomic mass is 9.99. The molecule has 4 nitrogen and oxygen atoms in total. The van der Waals surface area contributed by atoms with Gasteiger partial charge in [0.2, 0.25) is 0 Å². The average molecular weight is 297 g/mol. The standard InChI is InChI=1S/C18H23N3O/c1-4-15-7-5-6-10-21(15)18(22)14-8-9-16-17(11-14)20-13(3)12(2)19-16/h8-9,11,15H,4-7,10H2,1-3H3/t15-/m1/s1. The summed E-state index contributed by atoms with van der Waals surface area (Å²) in [6, 6.07) is 6.06. The zero-order valence-electron chi connectivity index (χ0n) is 13.6. The molecule has 1 aromatic heterocycles. The fraction of sp³-hybridized carbons (Fsp3) is 0.500. The van der Waals surface area contributed by atoms with Gasteiger partial charge in [0.25, 0.3) is 5.91 Å². The van der Waals surface area contributed by atoms with E-state index in [1.807, 2.05) is 36.9 Å². The van der Waals surface area contributed by atoms with Gasteiger partial charge in [-0.1, -0.05) is 6.92 Å². The monoisotopic (exact) mass is 297 g/mol. The zero-order chi connectivity index (χ0) is 15.7. The third kappa shape index (κ3) is 2.70. The molecule has 0 saturated carbocycles. The molecule has 0 aliphatic carbocycles. The number of benzene rings is 1. The molecular formula is C18H23N3O. The lowest BCUT2D eigenvalue weighted by molar-refractivity contribution is 0.0608. The first-order valence-corrected chi connectivity index (χ1v) is 8.16. The smallest absolute Gasteiger partial charge is 0.254 e. The van der Waals surface area contributed by atoms with Crippen molar-refractivity contribution < 1.29 is 4.79 Å². The van der Waals surface area contributed by atoms with Crippen molar-refractivity contribution in [2.75, 3.05) is 6.54 Å². The van der Waals surface area contributed by atoms with Crippen LogP contribution in [0.1, 0.15) is 54.4 Å². The Labute approximate surface area is 131 Å². The normalized spacial score (nSPS) is 18.7. The summed E-state index contributed by atoms with van der Waals surface area (Å²) in [6.45, 7) is 6.94. The Hall–Kier alpha value is -1.97. The molecule has 1 aliphatic rings. The molecule has 1 aliphatic heterocycles. The van der Waals surface area contributed by atoms with Gasteiger partial charge in [-0.2, -0.15) is 0 Å². The topological polar surface area (TPSA) is 46.1 Å². The van der Waals surface area contributed by atoms with Gasteiger partial charge in [0.05, 0.1) is 22.4 Å². The Kier molecular flexibility index (Phi) is 4.10. The number of aryl methyl sites for hydroxylation is 2. The molecule has 2 heterocycles. The minimum atomic E-state index is 0.133. The first-order valence-electron chi connectivity index (χ1n) is 8.16. The van der Waals surface area contributed by atoms with E-state index in [9.17, 15) is 4.79 Å². The Morgan fingerprint density at radius 2 is 1.91 bits per heavy atom. The quantitative estimate of drug-likeness (QED) is 0.850. The summed E-state index contributed by atoms with van der Waals surface area (Å²) in [5.74, 6) is 0.133. The summed E-state index contributed by atoms with van der Waals surface area (Å²) >= 11 is 0. The van der Waals surface area contributed by atoms with Gasteiger partial charge in [-0.05, 0) is 57.7 Å². The van der Waals surface area contributed by atoms with Crippen LogP contribution in [0.3, 0.4) is 0 Å².